The van der Waals surface area contributed by atoms with Crippen LogP contribution in [-0.4, -0.2) is 97.6 Å². The van der Waals surface area contributed by atoms with Gasteiger partial charge >= 0.3 is 11.9 Å². The topological polar surface area (TPSA) is 91.8 Å². The Morgan fingerprint density at radius 2 is 1.93 bits per heavy atom. The van der Waals surface area contributed by atoms with Crippen molar-refractivity contribution in [2.24, 2.45) is 11.8 Å². The van der Waals surface area contributed by atoms with Gasteiger partial charge in [-0.1, -0.05) is 0 Å². The SMILES string of the molecule is CN(C)CC1C(=O)OC2CC3(C)OC3C(O)C(N(C)C)C3=CC(OC3=O)C21. The molecule has 0 aromatic rings. The van der Waals surface area contributed by atoms with E-state index in [9.17, 15) is 14.7 Å². The molecule has 3 aliphatic heterocycles. The predicted octanol–water partition coefficient (Wildman–Crippen LogP) is -0.590. The molecule has 0 radical (unpaired) electrons. The zero-order valence-electron chi connectivity index (χ0n) is 16.4. The summed E-state index contributed by atoms with van der Waals surface area (Å²) in [6, 6.07) is -0.517. The highest BCUT2D eigenvalue weighted by molar-refractivity contribution is 5.92. The van der Waals surface area contributed by atoms with Crippen LogP contribution in [0.15, 0.2) is 11.6 Å². The summed E-state index contributed by atoms with van der Waals surface area (Å²) >= 11 is 0. The Balaban J connectivity index is 1.76. The zero-order chi connectivity index (χ0) is 19.7. The Hall–Kier alpha value is -1.48. The molecule has 0 spiro atoms. The fourth-order valence-electron chi connectivity index (χ4n) is 5.00. The molecule has 27 heavy (non-hydrogen) atoms. The lowest BCUT2D eigenvalue weighted by molar-refractivity contribution is -0.145. The standard InChI is InChI=1S/C19H28N2O6/c1-19-7-12-13(10(8-20(2)3)18(24)26-12)11-6-9(17(23)25-11)14(21(4)5)15(22)16(19)27-19/h6,10-16,22H,7-8H2,1-5H3. The number of carbonyl (C=O) groups excluding carboxylic acids is 2. The number of ether oxygens (including phenoxy) is 3. The number of aliphatic hydroxyl groups excluding tert-OH is 1. The Morgan fingerprint density at radius 1 is 1.22 bits per heavy atom. The summed E-state index contributed by atoms with van der Waals surface area (Å²) in [4.78, 5) is 29.0. The molecule has 8 nitrogen and oxygen atoms in total. The van der Waals surface area contributed by atoms with Gasteiger partial charge in [0.2, 0.25) is 0 Å². The van der Waals surface area contributed by atoms with Gasteiger partial charge in [-0.05, 0) is 41.2 Å². The van der Waals surface area contributed by atoms with E-state index in [2.05, 4.69) is 0 Å². The van der Waals surface area contributed by atoms with Crippen LogP contribution in [0.25, 0.3) is 0 Å². The number of likely N-dealkylation sites (N-methyl/N-ethyl adjacent to an activating group) is 1. The van der Waals surface area contributed by atoms with Gasteiger partial charge in [-0.15, -0.1) is 0 Å². The highest BCUT2D eigenvalue weighted by Gasteiger charge is 2.64. The molecule has 2 bridgehead atoms. The van der Waals surface area contributed by atoms with Gasteiger partial charge in [-0.3, -0.25) is 9.69 Å². The zero-order valence-corrected chi connectivity index (χ0v) is 16.4. The van der Waals surface area contributed by atoms with E-state index in [4.69, 9.17) is 14.2 Å². The van der Waals surface area contributed by atoms with Crippen molar-refractivity contribution < 1.29 is 28.9 Å². The molecule has 3 heterocycles. The number of hydrogen-bond acceptors (Lipinski definition) is 8. The quantitative estimate of drug-likeness (QED) is 0.513. The summed E-state index contributed by atoms with van der Waals surface area (Å²) in [6.45, 7) is 2.45. The molecule has 1 aliphatic carbocycles. The van der Waals surface area contributed by atoms with Crippen LogP contribution in [0, 0.1) is 11.8 Å². The molecule has 4 rings (SSSR count). The maximum atomic E-state index is 12.6. The third kappa shape index (κ3) is 2.99. The van der Waals surface area contributed by atoms with E-state index in [0.29, 0.717) is 18.5 Å². The summed E-state index contributed by atoms with van der Waals surface area (Å²) in [7, 11) is 7.45. The van der Waals surface area contributed by atoms with Crippen LogP contribution >= 0.6 is 0 Å². The fourth-order valence-corrected chi connectivity index (χ4v) is 5.00. The van der Waals surface area contributed by atoms with E-state index in [-0.39, 0.29) is 17.8 Å². The van der Waals surface area contributed by atoms with Crippen molar-refractivity contribution >= 4 is 11.9 Å². The van der Waals surface area contributed by atoms with Crippen molar-refractivity contribution in [2.45, 2.75) is 49.4 Å². The first-order valence-electron chi connectivity index (χ1n) is 9.42. The van der Waals surface area contributed by atoms with Crippen LogP contribution < -0.4 is 0 Å². The lowest BCUT2D eigenvalue weighted by Gasteiger charge is -2.30. The summed E-state index contributed by atoms with van der Waals surface area (Å²) in [5.74, 6) is -1.34. The molecule has 2 fully saturated rings. The Labute approximate surface area is 159 Å². The van der Waals surface area contributed by atoms with E-state index < -0.39 is 42.0 Å². The third-order valence-electron chi connectivity index (χ3n) is 6.28. The smallest absolute Gasteiger partial charge is 0.336 e. The number of fused-ring (bicyclic) bond motifs is 4. The van der Waals surface area contributed by atoms with Crippen molar-refractivity contribution in [3.63, 3.8) is 0 Å². The number of esters is 2. The molecule has 8 unspecified atom stereocenters. The lowest BCUT2D eigenvalue weighted by atomic mass is 9.79. The van der Waals surface area contributed by atoms with Crippen molar-refractivity contribution in [1.82, 2.24) is 9.80 Å². The summed E-state index contributed by atoms with van der Waals surface area (Å²) < 4.78 is 17.3. The average molecular weight is 380 g/mol. The Morgan fingerprint density at radius 3 is 2.56 bits per heavy atom. The highest BCUT2D eigenvalue weighted by Crippen LogP contribution is 2.50. The van der Waals surface area contributed by atoms with Crippen molar-refractivity contribution in [3.05, 3.63) is 11.6 Å². The molecule has 0 aromatic carbocycles. The van der Waals surface area contributed by atoms with E-state index in [1.807, 2.05) is 44.9 Å². The molecule has 150 valence electrons. The lowest BCUT2D eigenvalue weighted by Crippen LogP contribution is -2.46. The van der Waals surface area contributed by atoms with Crippen molar-refractivity contribution in [3.8, 4) is 0 Å². The second-order valence-corrected chi connectivity index (χ2v) is 8.87. The van der Waals surface area contributed by atoms with E-state index in [1.54, 1.807) is 6.08 Å². The van der Waals surface area contributed by atoms with Crippen LogP contribution in [0.4, 0.5) is 0 Å². The molecule has 0 aromatic heterocycles. The van der Waals surface area contributed by atoms with Gasteiger partial charge in [0.25, 0.3) is 0 Å². The van der Waals surface area contributed by atoms with Gasteiger partial charge in [0.05, 0.1) is 29.1 Å². The Kier molecular flexibility index (Phi) is 4.38. The molecule has 8 heteroatoms. The molecule has 0 saturated carbocycles. The summed E-state index contributed by atoms with van der Waals surface area (Å²) in [5, 5.41) is 10.9. The molecule has 8 atom stereocenters. The maximum Gasteiger partial charge on any atom is 0.336 e. The number of aliphatic hydroxyl groups is 1. The first kappa shape index (κ1) is 18.9. The summed E-state index contributed by atoms with van der Waals surface area (Å²) in [6.07, 6.45) is 0.0314. The molecule has 4 aliphatic rings. The minimum atomic E-state index is -0.867. The minimum Gasteiger partial charge on any atom is -0.462 e. The number of hydrogen-bond donors (Lipinski definition) is 1. The predicted molar refractivity (Wildman–Crippen MR) is 94.8 cm³/mol. The molecule has 0 amide bonds. The van der Waals surface area contributed by atoms with Crippen LogP contribution in [0.5, 0.6) is 0 Å². The molecule has 2 saturated heterocycles. The molecule has 1 N–H and O–H groups in total. The number of carbonyl (C=O) groups is 2. The number of epoxide rings is 1. The monoisotopic (exact) mass is 380 g/mol. The van der Waals surface area contributed by atoms with E-state index in [0.717, 1.165) is 0 Å². The van der Waals surface area contributed by atoms with Gasteiger partial charge in [0.1, 0.15) is 24.4 Å². The Bertz CT molecular complexity index is 692. The van der Waals surface area contributed by atoms with Gasteiger partial charge in [-0.2, -0.15) is 0 Å². The molecular formula is C19H28N2O6. The largest absolute Gasteiger partial charge is 0.462 e. The van der Waals surface area contributed by atoms with Gasteiger partial charge in [0, 0.05) is 13.0 Å². The molecular weight excluding hydrogens is 352 g/mol. The van der Waals surface area contributed by atoms with Gasteiger partial charge < -0.3 is 24.2 Å². The van der Waals surface area contributed by atoms with Crippen LogP contribution in [0.1, 0.15) is 13.3 Å². The first-order valence-corrected chi connectivity index (χ1v) is 9.42. The normalized spacial score (nSPS) is 45.9. The van der Waals surface area contributed by atoms with E-state index in [1.165, 1.54) is 0 Å². The fraction of sp³-hybridized carbons (Fsp3) is 0.789. The van der Waals surface area contributed by atoms with Crippen LogP contribution in [0.3, 0.4) is 0 Å². The number of rotatable bonds is 3. The second kappa shape index (κ2) is 6.27. The highest BCUT2D eigenvalue weighted by atomic mass is 16.6. The summed E-state index contributed by atoms with van der Waals surface area (Å²) in [5.41, 5.74) is -0.150. The third-order valence-corrected chi connectivity index (χ3v) is 6.28. The average Bonchev–Trinajstić information content (AvgIpc) is 2.94. The minimum absolute atomic E-state index is 0.263. The van der Waals surface area contributed by atoms with Crippen molar-refractivity contribution in [1.29, 1.82) is 0 Å². The first-order chi connectivity index (χ1) is 12.6. The second-order valence-electron chi connectivity index (χ2n) is 8.87. The van der Waals surface area contributed by atoms with Crippen LogP contribution in [-0.2, 0) is 23.8 Å². The van der Waals surface area contributed by atoms with Gasteiger partial charge in [0.15, 0.2) is 0 Å². The van der Waals surface area contributed by atoms with E-state index >= 15 is 0 Å². The maximum absolute atomic E-state index is 12.6. The van der Waals surface area contributed by atoms with Crippen LogP contribution in [0.2, 0.25) is 0 Å². The van der Waals surface area contributed by atoms with Gasteiger partial charge in [-0.25, -0.2) is 4.79 Å². The number of nitrogens with zero attached hydrogens (tertiary/aromatic N) is 2. The van der Waals surface area contributed by atoms with Crippen molar-refractivity contribution in [2.75, 3.05) is 34.7 Å².